The largest absolute Gasteiger partial charge is 0.243 e. The summed E-state index contributed by atoms with van der Waals surface area (Å²) in [5.41, 5.74) is 12.1. The molecule has 2 aromatic heterocycles. The molecule has 0 saturated heterocycles. The number of hydrogen-bond donors (Lipinski definition) is 0. The average molecular weight is 692 g/mol. The average Bonchev–Trinajstić information content (AvgIpc) is 3.27. The van der Waals surface area contributed by atoms with E-state index >= 15 is 0 Å². The zero-order valence-corrected chi connectivity index (χ0v) is 29.3. The van der Waals surface area contributed by atoms with E-state index in [1.54, 1.807) is 0 Å². The number of benzene rings is 7. The highest BCUT2D eigenvalue weighted by molar-refractivity contribution is 5.87. The van der Waals surface area contributed by atoms with Gasteiger partial charge in [0.25, 0.3) is 0 Å². The van der Waals surface area contributed by atoms with Crippen LogP contribution in [-0.4, -0.2) is 24.9 Å². The molecule has 9 rings (SSSR count). The van der Waals surface area contributed by atoms with Gasteiger partial charge in [0, 0.05) is 38.9 Å². The van der Waals surface area contributed by atoms with Gasteiger partial charge < -0.3 is 0 Å². The van der Waals surface area contributed by atoms with Crippen LogP contribution in [0.4, 0.5) is 0 Å². The summed E-state index contributed by atoms with van der Waals surface area (Å²) in [5.74, 6) is 1.82. The van der Waals surface area contributed by atoms with E-state index < -0.39 is 0 Å². The molecule has 0 saturated carbocycles. The fourth-order valence-corrected chi connectivity index (χ4v) is 6.70. The molecule has 9 aromatic rings. The molecule has 0 N–H and O–H groups in total. The third-order valence-electron chi connectivity index (χ3n) is 9.37. The minimum atomic E-state index is 0.590. The summed E-state index contributed by atoms with van der Waals surface area (Å²) >= 11 is 0. The van der Waals surface area contributed by atoms with Gasteiger partial charge in [0.1, 0.15) is 0 Å². The van der Waals surface area contributed by atoms with Gasteiger partial charge in [-0.05, 0) is 11.1 Å². The van der Waals surface area contributed by atoms with Crippen LogP contribution in [0.1, 0.15) is 0 Å². The van der Waals surface area contributed by atoms with Gasteiger partial charge in [0.05, 0.1) is 22.8 Å². The summed E-state index contributed by atoms with van der Waals surface area (Å²) in [5, 5.41) is 0. The van der Waals surface area contributed by atoms with Gasteiger partial charge in [-0.1, -0.05) is 200 Å². The van der Waals surface area contributed by atoms with E-state index in [0.717, 1.165) is 72.8 Å². The fourth-order valence-electron chi connectivity index (χ4n) is 6.70. The van der Waals surface area contributed by atoms with Crippen LogP contribution in [0.2, 0.25) is 0 Å². The molecule has 0 fully saturated rings. The van der Waals surface area contributed by atoms with E-state index in [1.807, 2.05) is 115 Å². The number of nitrogens with zero attached hydrogens (tertiary/aromatic N) is 5. The Bertz CT molecular complexity index is 2670. The van der Waals surface area contributed by atoms with E-state index in [2.05, 4.69) is 84.9 Å². The topological polar surface area (TPSA) is 64.5 Å². The molecule has 0 unspecified atom stereocenters. The minimum absolute atomic E-state index is 0.590. The summed E-state index contributed by atoms with van der Waals surface area (Å²) in [7, 11) is 0. The second-order valence-electron chi connectivity index (χ2n) is 12.9. The number of aromatic nitrogens is 5. The lowest BCUT2D eigenvalue weighted by molar-refractivity contribution is 1.07. The maximum Gasteiger partial charge on any atom is 0.164 e. The van der Waals surface area contributed by atoms with E-state index in [4.69, 9.17) is 24.9 Å². The maximum absolute atomic E-state index is 5.41. The minimum Gasteiger partial charge on any atom is -0.243 e. The van der Waals surface area contributed by atoms with Crippen molar-refractivity contribution in [3.63, 3.8) is 0 Å². The van der Waals surface area contributed by atoms with Gasteiger partial charge >= 0.3 is 0 Å². The zero-order chi connectivity index (χ0) is 36.1. The summed E-state index contributed by atoms with van der Waals surface area (Å²) in [6, 6.07) is 67.8. The SMILES string of the molecule is c1ccc(-c2nc(-c3ccc(-c4nc(-c5ccccc5)c(-c5ccccc5)nc4-c4ccccc4)cc3)nc(-c3ccccc3-c3ccccc3)n2)cc1. The molecule has 0 spiro atoms. The lowest BCUT2D eigenvalue weighted by Crippen LogP contribution is -2.02. The highest BCUT2D eigenvalue weighted by atomic mass is 15.0. The van der Waals surface area contributed by atoms with Crippen LogP contribution < -0.4 is 0 Å². The Kier molecular flexibility index (Phi) is 8.86. The first kappa shape index (κ1) is 32.5. The van der Waals surface area contributed by atoms with Gasteiger partial charge in [-0.2, -0.15) is 0 Å². The van der Waals surface area contributed by atoms with Gasteiger partial charge in [-0.25, -0.2) is 24.9 Å². The predicted octanol–water partition coefficient (Wildman–Crippen LogP) is 12.0. The quantitative estimate of drug-likeness (QED) is 0.159. The van der Waals surface area contributed by atoms with Crippen molar-refractivity contribution in [2.24, 2.45) is 0 Å². The second kappa shape index (κ2) is 14.7. The van der Waals surface area contributed by atoms with Gasteiger partial charge in [-0.3, -0.25) is 0 Å². The van der Waals surface area contributed by atoms with Crippen molar-refractivity contribution < 1.29 is 0 Å². The van der Waals surface area contributed by atoms with E-state index in [1.165, 1.54) is 0 Å². The van der Waals surface area contributed by atoms with Crippen LogP contribution in [0.3, 0.4) is 0 Å². The Morgan fingerprint density at radius 2 is 0.463 bits per heavy atom. The van der Waals surface area contributed by atoms with Crippen LogP contribution >= 0.6 is 0 Å². The van der Waals surface area contributed by atoms with Crippen LogP contribution in [0, 0.1) is 0 Å². The molecular formula is C49H33N5. The first-order valence-corrected chi connectivity index (χ1v) is 17.9. The lowest BCUT2D eigenvalue weighted by Gasteiger charge is -2.16. The van der Waals surface area contributed by atoms with Gasteiger partial charge in [0.15, 0.2) is 17.5 Å². The fraction of sp³-hybridized carbons (Fsp3) is 0. The molecule has 0 bridgehead atoms. The summed E-state index contributed by atoms with van der Waals surface area (Å²) in [4.78, 5) is 25.9. The third-order valence-corrected chi connectivity index (χ3v) is 9.37. The molecule has 0 aliphatic carbocycles. The number of hydrogen-bond acceptors (Lipinski definition) is 5. The monoisotopic (exact) mass is 691 g/mol. The van der Waals surface area contributed by atoms with E-state index in [-0.39, 0.29) is 0 Å². The molecule has 0 radical (unpaired) electrons. The Morgan fingerprint density at radius 1 is 0.185 bits per heavy atom. The molecule has 0 amide bonds. The maximum atomic E-state index is 5.41. The van der Waals surface area contributed by atoms with Crippen LogP contribution in [0.25, 0.3) is 90.3 Å². The molecule has 7 aromatic carbocycles. The van der Waals surface area contributed by atoms with E-state index in [0.29, 0.717) is 17.5 Å². The first-order chi connectivity index (χ1) is 26.8. The smallest absolute Gasteiger partial charge is 0.164 e. The highest BCUT2D eigenvalue weighted by Gasteiger charge is 2.20. The lowest BCUT2D eigenvalue weighted by atomic mass is 9.98. The van der Waals surface area contributed by atoms with Gasteiger partial charge in [-0.15, -0.1) is 0 Å². The Morgan fingerprint density at radius 3 is 0.889 bits per heavy atom. The molecule has 0 aliphatic heterocycles. The molecule has 254 valence electrons. The van der Waals surface area contributed by atoms with Crippen molar-refractivity contribution in [2.75, 3.05) is 0 Å². The molecule has 0 aliphatic rings. The second-order valence-corrected chi connectivity index (χ2v) is 12.9. The van der Waals surface area contributed by atoms with Crippen molar-refractivity contribution in [3.05, 3.63) is 200 Å². The molecule has 0 atom stereocenters. The molecule has 5 heteroatoms. The van der Waals surface area contributed by atoms with Crippen molar-refractivity contribution in [1.29, 1.82) is 0 Å². The Hall–Kier alpha value is -7.37. The normalized spacial score (nSPS) is 11.0. The summed E-state index contributed by atoms with van der Waals surface area (Å²) in [6.45, 7) is 0. The zero-order valence-electron chi connectivity index (χ0n) is 29.3. The third kappa shape index (κ3) is 6.58. The van der Waals surface area contributed by atoms with Crippen LogP contribution in [-0.2, 0) is 0 Å². The Labute approximate surface area is 314 Å². The molecular weight excluding hydrogens is 659 g/mol. The predicted molar refractivity (Wildman–Crippen MR) is 219 cm³/mol. The molecule has 2 heterocycles. The summed E-state index contributed by atoms with van der Waals surface area (Å²) in [6.07, 6.45) is 0. The Balaban J connectivity index is 1.20. The molecule has 54 heavy (non-hydrogen) atoms. The van der Waals surface area contributed by atoms with Gasteiger partial charge in [0.2, 0.25) is 0 Å². The first-order valence-electron chi connectivity index (χ1n) is 17.9. The van der Waals surface area contributed by atoms with Crippen molar-refractivity contribution >= 4 is 0 Å². The standard InChI is InChI=1S/C49H33N5/c1-6-18-34(19-7-1)41-28-16-17-29-42(41)49-53-47(39-26-14-5-15-27-39)52-48(54-49)40-32-30-38(31-33-40)46-45(37-24-12-4-13-25-37)50-43(35-20-8-2-9-21-35)44(51-46)36-22-10-3-11-23-36/h1-33H. The van der Waals surface area contributed by atoms with Crippen molar-refractivity contribution in [3.8, 4) is 90.3 Å². The number of rotatable bonds is 8. The van der Waals surface area contributed by atoms with E-state index in [9.17, 15) is 0 Å². The molecule has 5 nitrogen and oxygen atoms in total. The highest BCUT2D eigenvalue weighted by Crippen LogP contribution is 2.38. The van der Waals surface area contributed by atoms with Crippen LogP contribution in [0.5, 0.6) is 0 Å². The van der Waals surface area contributed by atoms with Crippen LogP contribution in [0.15, 0.2) is 200 Å². The summed E-state index contributed by atoms with van der Waals surface area (Å²) < 4.78 is 0. The van der Waals surface area contributed by atoms with Crippen molar-refractivity contribution in [1.82, 2.24) is 24.9 Å². The van der Waals surface area contributed by atoms with Crippen molar-refractivity contribution in [2.45, 2.75) is 0 Å².